The molecular weight excluding hydrogens is 366 g/mol. The van der Waals surface area contributed by atoms with Gasteiger partial charge in [0.1, 0.15) is 5.75 Å². The molecule has 2 amide bonds. The second-order valence-corrected chi connectivity index (χ2v) is 6.36. The van der Waals surface area contributed by atoms with Crippen LogP contribution in [0.5, 0.6) is 5.75 Å². The summed E-state index contributed by atoms with van der Waals surface area (Å²) < 4.78 is 7.18. The van der Waals surface area contributed by atoms with Gasteiger partial charge in [0.2, 0.25) is 0 Å². The molecule has 5 nitrogen and oxygen atoms in total. The molecule has 0 radical (unpaired) electrons. The van der Waals surface area contributed by atoms with Crippen LogP contribution in [0.3, 0.4) is 0 Å². The number of urea groups is 1. The SMILES string of the molecule is COc1ccccc1NC(=O)Nc1nc2ccc(Br)cc2s1. The predicted molar refractivity (Wildman–Crippen MR) is 93.0 cm³/mol. The van der Waals surface area contributed by atoms with Crippen molar-refractivity contribution in [2.75, 3.05) is 17.7 Å². The Bertz CT molecular complexity index is 835. The molecule has 0 saturated heterocycles. The van der Waals surface area contributed by atoms with E-state index < -0.39 is 0 Å². The van der Waals surface area contributed by atoms with Gasteiger partial charge in [-0.25, -0.2) is 9.78 Å². The minimum absolute atomic E-state index is 0.359. The van der Waals surface area contributed by atoms with Crippen molar-refractivity contribution < 1.29 is 9.53 Å². The van der Waals surface area contributed by atoms with Crippen molar-refractivity contribution in [1.29, 1.82) is 0 Å². The number of thiazole rings is 1. The zero-order valence-corrected chi connectivity index (χ0v) is 14.0. The number of hydrogen-bond acceptors (Lipinski definition) is 4. The van der Waals surface area contributed by atoms with Gasteiger partial charge >= 0.3 is 6.03 Å². The van der Waals surface area contributed by atoms with Crippen molar-refractivity contribution in [1.82, 2.24) is 4.98 Å². The second kappa shape index (κ2) is 6.33. The first kappa shape index (κ1) is 14.8. The fourth-order valence-corrected chi connectivity index (χ4v) is 3.36. The minimum atomic E-state index is -0.359. The van der Waals surface area contributed by atoms with E-state index in [2.05, 4.69) is 31.5 Å². The molecule has 22 heavy (non-hydrogen) atoms. The van der Waals surface area contributed by atoms with Crippen molar-refractivity contribution >= 4 is 54.3 Å². The van der Waals surface area contributed by atoms with Crippen molar-refractivity contribution in [3.05, 3.63) is 46.9 Å². The molecule has 0 aliphatic carbocycles. The lowest BCUT2D eigenvalue weighted by Crippen LogP contribution is -2.19. The third-order valence-corrected chi connectivity index (χ3v) is 4.35. The number of benzene rings is 2. The largest absolute Gasteiger partial charge is 0.495 e. The van der Waals surface area contributed by atoms with E-state index in [4.69, 9.17) is 4.74 Å². The number of methoxy groups -OCH3 is 1. The average molecular weight is 378 g/mol. The number of halogens is 1. The summed E-state index contributed by atoms with van der Waals surface area (Å²) in [6.45, 7) is 0. The van der Waals surface area contributed by atoms with E-state index in [1.165, 1.54) is 11.3 Å². The Morgan fingerprint density at radius 1 is 1.23 bits per heavy atom. The first-order valence-corrected chi connectivity index (χ1v) is 8.04. The number of aromatic nitrogens is 1. The van der Waals surface area contributed by atoms with Crippen LogP contribution in [-0.2, 0) is 0 Å². The first-order chi connectivity index (χ1) is 10.7. The third kappa shape index (κ3) is 3.20. The zero-order valence-electron chi connectivity index (χ0n) is 11.6. The summed E-state index contributed by atoms with van der Waals surface area (Å²) in [7, 11) is 1.56. The summed E-state index contributed by atoms with van der Waals surface area (Å²) in [5.41, 5.74) is 1.45. The van der Waals surface area contributed by atoms with E-state index in [-0.39, 0.29) is 6.03 Å². The zero-order chi connectivity index (χ0) is 15.5. The van der Waals surface area contributed by atoms with Gasteiger partial charge < -0.3 is 10.1 Å². The molecule has 0 unspecified atom stereocenters. The molecule has 3 rings (SSSR count). The molecule has 3 aromatic rings. The highest BCUT2D eigenvalue weighted by atomic mass is 79.9. The number of anilines is 2. The molecule has 0 atom stereocenters. The standard InChI is InChI=1S/C15H12BrN3O2S/c1-21-12-5-3-2-4-10(12)17-14(20)19-15-18-11-7-6-9(16)8-13(11)22-15/h2-8H,1H3,(H2,17,18,19,20). The van der Waals surface area contributed by atoms with Crippen LogP contribution in [0.15, 0.2) is 46.9 Å². The molecular formula is C15H12BrN3O2S. The van der Waals surface area contributed by atoms with Gasteiger partial charge in [-0.15, -0.1) is 0 Å². The average Bonchev–Trinajstić information content (AvgIpc) is 2.88. The Hall–Kier alpha value is -2.12. The summed E-state index contributed by atoms with van der Waals surface area (Å²) in [6, 6.07) is 12.7. The number of fused-ring (bicyclic) bond motifs is 1. The molecule has 0 saturated carbocycles. The van der Waals surface area contributed by atoms with E-state index in [1.807, 2.05) is 30.3 Å². The highest BCUT2D eigenvalue weighted by Gasteiger charge is 2.10. The van der Waals surface area contributed by atoms with Gasteiger partial charge in [0, 0.05) is 4.47 Å². The van der Waals surface area contributed by atoms with Gasteiger partial charge in [0.25, 0.3) is 0 Å². The van der Waals surface area contributed by atoms with Crippen LogP contribution in [0.25, 0.3) is 10.2 Å². The number of para-hydroxylation sites is 2. The summed E-state index contributed by atoms with van der Waals surface area (Å²) >= 11 is 4.83. The number of nitrogens with one attached hydrogen (secondary N) is 2. The van der Waals surface area contributed by atoms with Crippen LogP contribution in [-0.4, -0.2) is 18.1 Å². The smallest absolute Gasteiger partial charge is 0.325 e. The summed E-state index contributed by atoms with van der Waals surface area (Å²) in [6.07, 6.45) is 0. The molecule has 0 aliphatic heterocycles. The molecule has 112 valence electrons. The van der Waals surface area contributed by atoms with Crippen LogP contribution < -0.4 is 15.4 Å². The van der Waals surface area contributed by atoms with Gasteiger partial charge in [0.15, 0.2) is 5.13 Å². The number of ether oxygens (including phenoxy) is 1. The van der Waals surface area contributed by atoms with Gasteiger partial charge in [-0.05, 0) is 30.3 Å². The Morgan fingerprint density at radius 2 is 2.05 bits per heavy atom. The van der Waals surface area contributed by atoms with E-state index in [0.717, 1.165) is 14.7 Å². The maximum Gasteiger partial charge on any atom is 0.325 e. The Balaban J connectivity index is 1.75. The van der Waals surface area contributed by atoms with E-state index in [1.54, 1.807) is 19.2 Å². The van der Waals surface area contributed by atoms with Crippen LogP contribution in [0.2, 0.25) is 0 Å². The number of carbonyl (C=O) groups excluding carboxylic acids is 1. The Kier molecular flexibility index (Phi) is 4.26. The fourth-order valence-electron chi connectivity index (χ4n) is 1.95. The minimum Gasteiger partial charge on any atom is -0.495 e. The number of nitrogens with zero attached hydrogens (tertiary/aromatic N) is 1. The van der Waals surface area contributed by atoms with Crippen LogP contribution in [0, 0.1) is 0 Å². The van der Waals surface area contributed by atoms with E-state index in [0.29, 0.717) is 16.6 Å². The maximum atomic E-state index is 12.1. The number of carbonyl (C=O) groups is 1. The monoisotopic (exact) mass is 377 g/mol. The first-order valence-electron chi connectivity index (χ1n) is 6.43. The van der Waals surface area contributed by atoms with Crippen molar-refractivity contribution in [2.45, 2.75) is 0 Å². The van der Waals surface area contributed by atoms with Gasteiger partial charge in [-0.1, -0.05) is 39.4 Å². The van der Waals surface area contributed by atoms with Gasteiger partial charge in [0.05, 0.1) is 23.0 Å². The topological polar surface area (TPSA) is 63.2 Å². The molecule has 0 spiro atoms. The Labute approximate surface area is 139 Å². The van der Waals surface area contributed by atoms with Crippen LogP contribution >= 0.6 is 27.3 Å². The lowest BCUT2D eigenvalue weighted by Gasteiger charge is -2.09. The predicted octanol–water partition coefficient (Wildman–Crippen LogP) is 4.71. The molecule has 2 aromatic carbocycles. The molecule has 2 N–H and O–H groups in total. The van der Waals surface area contributed by atoms with Crippen molar-refractivity contribution in [3.63, 3.8) is 0 Å². The number of rotatable bonds is 3. The van der Waals surface area contributed by atoms with E-state index >= 15 is 0 Å². The Morgan fingerprint density at radius 3 is 2.86 bits per heavy atom. The molecule has 0 aliphatic rings. The van der Waals surface area contributed by atoms with E-state index in [9.17, 15) is 4.79 Å². The maximum absolute atomic E-state index is 12.1. The summed E-state index contributed by atoms with van der Waals surface area (Å²) in [4.78, 5) is 16.4. The molecule has 7 heteroatoms. The van der Waals surface area contributed by atoms with Crippen LogP contribution in [0.1, 0.15) is 0 Å². The highest BCUT2D eigenvalue weighted by Crippen LogP contribution is 2.29. The van der Waals surface area contributed by atoms with Gasteiger partial charge in [-0.2, -0.15) is 0 Å². The quantitative estimate of drug-likeness (QED) is 0.694. The lowest BCUT2D eigenvalue weighted by atomic mass is 10.3. The van der Waals surface area contributed by atoms with Crippen molar-refractivity contribution in [3.8, 4) is 5.75 Å². The summed E-state index contributed by atoms with van der Waals surface area (Å²) in [5, 5.41) is 6.03. The highest BCUT2D eigenvalue weighted by molar-refractivity contribution is 9.10. The normalized spacial score (nSPS) is 10.5. The number of amides is 2. The molecule has 0 fully saturated rings. The van der Waals surface area contributed by atoms with Crippen LogP contribution in [0.4, 0.5) is 15.6 Å². The second-order valence-electron chi connectivity index (χ2n) is 4.41. The lowest BCUT2D eigenvalue weighted by molar-refractivity contribution is 0.262. The van der Waals surface area contributed by atoms with Crippen molar-refractivity contribution in [2.24, 2.45) is 0 Å². The fraction of sp³-hybridized carbons (Fsp3) is 0.0667. The molecule has 1 heterocycles. The number of hydrogen-bond donors (Lipinski definition) is 2. The molecule has 0 bridgehead atoms. The van der Waals surface area contributed by atoms with Gasteiger partial charge in [-0.3, -0.25) is 5.32 Å². The molecule has 1 aromatic heterocycles. The third-order valence-electron chi connectivity index (χ3n) is 2.93. The summed E-state index contributed by atoms with van der Waals surface area (Å²) in [5.74, 6) is 0.603.